The van der Waals surface area contributed by atoms with Crippen molar-refractivity contribution in [3.63, 3.8) is 0 Å². The molecule has 18 heteroatoms. The second kappa shape index (κ2) is 32.4. The Kier molecular flexibility index (Phi) is 27.4. The van der Waals surface area contributed by atoms with Crippen molar-refractivity contribution in [3.8, 4) is 0 Å². The summed E-state index contributed by atoms with van der Waals surface area (Å²) in [6.45, 7) is 55.5. The Morgan fingerprint density at radius 3 is 1.26 bits per heavy atom. The molecule has 0 aromatic carbocycles. The van der Waals surface area contributed by atoms with Gasteiger partial charge in [0.25, 0.3) is 6.47 Å². The first kappa shape index (κ1) is 87.1. The van der Waals surface area contributed by atoms with Crippen LogP contribution in [-0.2, 0) is 56.5 Å². The zero-order chi connectivity index (χ0) is 73.3. The van der Waals surface area contributed by atoms with Gasteiger partial charge in [0.1, 0.15) is 12.2 Å². The van der Waals surface area contributed by atoms with Crippen LogP contribution in [0.15, 0.2) is 24.3 Å². The second-order valence-electron chi connectivity index (χ2n) is 39.0. The van der Waals surface area contributed by atoms with Crippen LogP contribution in [0.25, 0.3) is 0 Å². The molecule has 0 aromatic rings. The smallest absolute Gasteiger partial charge is 1.00 e. The molecule has 10 saturated carbocycles. The fourth-order valence-electron chi connectivity index (χ4n) is 29.4. The predicted molar refractivity (Wildman–Crippen MR) is 401 cm³/mol. The summed E-state index contributed by atoms with van der Waals surface area (Å²) < 4.78 is 62.3. The Morgan fingerprint density at radius 2 is 0.922 bits per heavy atom. The topological polar surface area (TPSA) is 170 Å². The Hall–Kier alpha value is 1.73. The minimum absolute atomic E-state index is 0. The third-order valence-electron chi connectivity index (χ3n) is 35.0. The van der Waals surface area contributed by atoms with E-state index in [9.17, 15) is 9.90 Å². The Labute approximate surface area is 713 Å². The Morgan fingerprint density at radius 1 is 0.553 bits per heavy atom. The number of aliphatic hydroxyl groups is 1. The molecule has 0 aromatic heterocycles. The van der Waals surface area contributed by atoms with Crippen LogP contribution >= 0.6 is 0 Å². The quantitative estimate of drug-likeness (QED) is 0.0232. The van der Waals surface area contributed by atoms with E-state index in [4.69, 9.17) is 52.1 Å². The molecule has 4 saturated heterocycles. The molecule has 4 unspecified atom stereocenters. The van der Waals surface area contributed by atoms with Gasteiger partial charge in [-0.25, -0.2) is 0 Å². The number of aliphatic hydroxyl groups excluding tert-OH is 1. The van der Waals surface area contributed by atoms with Crippen LogP contribution in [0.1, 0.15) is 274 Å². The first-order valence-corrected chi connectivity index (χ1v) is 46.9. The summed E-state index contributed by atoms with van der Waals surface area (Å²) >= 11 is 0. The van der Waals surface area contributed by atoms with Gasteiger partial charge in [-0.1, -0.05) is 124 Å². The zero-order valence-corrected chi connectivity index (χ0v) is 77.3. The van der Waals surface area contributed by atoms with Crippen LogP contribution in [0.4, 0.5) is 0 Å². The summed E-state index contributed by atoms with van der Waals surface area (Å²) in [4.78, 5) is 23.6. The summed E-state index contributed by atoms with van der Waals surface area (Å²) in [5, 5.41) is 19.7. The van der Waals surface area contributed by atoms with Gasteiger partial charge in [0.2, 0.25) is 0 Å². The molecule has 1 N–H and O–H groups in total. The van der Waals surface area contributed by atoms with E-state index in [1.54, 1.807) is 0 Å². The maximum Gasteiger partial charge on any atom is 1.00 e. The SMILES string of the molecule is C=C(C)C(O)[C@H]1C[C@@H](C)[C@H]2[C@H](O1)[C@H](O[Si](CC)(CC)CC)[C@@]1(C)[C@@H]3CC[C@H]4C(C)(C)C(O[C@H]5CCCCO5)CCC45C[C@@]35CC[C@]21C.C=C(C)[C@@H](OC(C)=O)[C@H]1C[C@@H](C)[C@H]2[C@H](O1)[C@H](O[Si](CC)(CC)CC)[C@@]1(C)[C@@H]3CC[C@H]4C(C)(C)[C@@H](O[C@H]5CCCCO5)CCC45C[C@@]35CC[C@]21C.O=CO[O-].[H-].[K+].[K+]. The molecule has 0 bridgehead atoms. The van der Waals surface area contributed by atoms with Gasteiger partial charge in [-0.3, -0.25) is 9.59 Å². The van der Waals surface area contributed by atoms with E-state index in [1.165, 1.54) is 110 Å². The molecular formula is C85H144K2O14Si2. The fraction of sp³-hybridized carbons (Fsp3) is 0.929. The number of fused-ring (bicyclic) bond motifs is 8. The monoisotopic (exact) mass is 1520 g/mol. The van der Waals surface area contributed by atoms with Gasteiger partial charge >= 0.3 is 109 Å². The van der Waals surface area contributed by atoms with Crippen LogP contribution in [0.2, 0.25) is 36.3 Å². The summed E-state index contributed by atoms with van der Waals surface area (Å²) in [5.41, 5.74) is 4.01. The van der Waals surface area contributed by atoms with E-state index in [2.05, 4.69) is 129 Å². The third kappa shape index (κ3) is 13.8. The first-order chi connectivity index (χ1) is 47.7. The van der Waals surface area contributed by atoms with Gasteiger partial charge < -0.3 is 58.7 Å². The molecule has 28 atom stereocenters. The van der Waals surface area contributed by atoms with Crippen molar-refractivity contribution in [2.24, 2.45) is 101 Å². The Bertz CT molecular complexity index is 2960. The number of carbonyl (C=O) groups is 2. The molecule has 4 heterocycles. The van der Waals surface area contributed by atoms with Crippen LogP contribution in [0, 0.1) is 101 Å². The third-order valence-corrected chi connectivity index (χ3v) is 44.2. The molecule has 4 spiro atoms. The minimum atomic E-state index is -2.00. The molecule has 0 amide bonds. The van der Waals surface area contributed by atoms with E-state index in [1.807, 2.05) is 13.8 Å². The number of carbonyl (C=O) groups excluding carboxylic acids is 2. The van der Waals surface area contributed by atoms with Crippen LogP contribution in [0.5, 0.6) is 0 Å². The van der Waals surface area contributed by atoms with Crippen molar-refractivity contribution in [2.45, 2.75) is 383 Å². The molecular weight excluding hydrogens is 1380 g/mol. The maximum atomic E-state index is 12.3. The Balaban J connectivity index is 0.000000224. The van der Waals surface area contributed by atoms with E-state index >= 15 is 0 Å². The fourth-order valence-corrected chi connectivity index (χ4v) is 35.2. The van der Waals surface area contributed by atoms with Crippen molar-refractivity contribution in [3.05, 3.63) is 24.3 Å². The van der Waals surface area contributed by atoms with Gasteiger partial charge in [-0.15, -0.1) is 0 Å². The van der Waals surface area contributed by atoms with Gasteiger partial charge in [-0.05, 0) is 293 Å². The van der Waals surface area contributed by atoms with Crippen LogP contribution in [0.3, 0.4) is 0 Å². The molecule has 14 nitrogen and oxygen atoms in total. The van der Waals surface area contributed by atoms with Gasteiger partial charge in [0.15, 0.2) is 29.2 Å². The maximum absolute atomic E-state index is 12.3. The van der Waals surface area contributed by atoms with E-state index in [0.717, 1.165) is 99.1 Å². The number of esters is 1. The molecule has 14 rings (SSSR count). The van der Waals surface area contributed by atoms with Crippen molar-refractivity contribution in [2.75, 3.05) is 13.2 Å². The predicted octanol–water partition coefficient (Wildman–Crippen LogP) is 12.5. The number of hydrogen-bond donors (Lipinski definition) is 1. The molecule has 0 radical (unpaired) electrons. The normalized spacial score (nSPS) is 46.8. The van der Waals surface area contributed by atoms with E-state index in [-0.39, 0.29) is 204 Å². The van der Waals surface area contributed by atoms with Gasteiger partial charge in [0.05, 0.1) is 48.8 Å². The van der Waals surface area contributed by atoms with E-state index < -0.39 is 28.8 Å². The number of hydrogen-bond acceptors (Lipinski definition) is 14. The van der Waals surface area contributed by atoms with Crippen molar-refractivity contribution >= 4 is 29.1 Å². The second-order valence-corrected chi connectivity index (χ2v) is 48.4. The largest absolute Gasteiger partial charge is 1.00 e. The minimum Gasteiger partial charge on any atom is -1.00 e. The average Bonchev–Trinajstić information content (AvgIpc) is 1.46. The molecule has 4 aliphatic heterocycles. The summed E-state index contributed by atoms with van der Waals surface area (Å²) in [7, 11) is -3.96. The van der Waals surface area contributed by atoms with Crippen molar-refractivity contribution < 1.29 is 171 Å². The summed E-state index contributed by atoms with van der Waals surface area (Å²) in [6, 6.07) is 6.92. The first-order valence-electron chi connectivity index (χ1n) is 41.8. The van der Waals surface area contributed by atoms with E-state index in [0.29, 0.717) is 75.1 Å². The van der Waals surface area contributed by atoms with Gasteiger partial charge in [0, 0.05) is 31.0 Å². The summed E-state index contributed by atoms with van der Waals surface area (Å²) in [6.07, 6.45) is 26.2. The average molecular weight is 1520 g/mol. The molecule has 103 heavy (non-hydrogen) atoms. The van der Waals surface area contributed by atoms with Crippen molar-refractivity contribution in [1.29, 1.82) is 0 Å². The number of ether oxygens (including phenoxy) is 7. The molecule has 10 aliphatic carbocycles. The van der Waals surface area contributed by atoms with Crippen LogP contribution < -0.4 is 108 Å². The number of rotatable bonds is 20. The standard InChI is InChI=1S/C43H72O6Si.C41H70O5Si.CH2O3.2K.H/c1-12-50(13-2,14-3)49-38-37-35(28(6)25-30(47-37)36(27(4)5)46-29(7)44)40(10)22-23-43-26-42(43)21-20-33(48-34-17-15-16-24-45-34)39(8,9)31(42)18-19-32(43)41(38,40)11;1-11-47(12-2,13-3)46-36-35-33(27(6)24-28(44-35)34(42)26(4)5)38(9)21-22-41-25-40(41)20-19-31(45-32-16-14-15-23-43-32)37(7,8)29(40)17-18-30(41)39(36,38)10;2-1-4-3;;;/h28,30-38H,4,12-26H2,1-3,5-11H3;27-36,42H,4,11-25H2,1-3,5-10H3;1,3H;;;/q;;;2*+1;-1/p-1/t28-,30-,31+,32+,33+,34+,35+,36-,37+,38+,40-,41-,42?,43+;27-,28-,29+,30+,31?,32+,33+,34?,35+,36+,38-,39-,40?,41+;;;;/m11..../s1. The summed E-state index contributed by atoms with van der Waals surface area (Å²) in [5.74, 6) is 4.26. The van der Waals surface area contributed by atoms with Crippen molar-refractivity contribution in [1.82, 2.24) is 0 Å². The van der Waals surface area contributed by atoms with Crippen LogP contribution in [-0.4, -0.2) is 121 Å². The zero-order valence-electron chi connectivity index (χ0n) is 70.0. The molecule has 14 fully saturated rings. The molecule has 578 valence electrons. The molecule has 14 aliphatic rings. The van der Waals surface area contributed by atoms with Gasteiger partial charge in [-0.2, -0.15) is 0 Å².